The van der Waals surface area contributed by atoms with Crippen molar-refractivity contribution in [2.24, 2.45) is 0 Å². The lowest BCUT2D eigenvalue weighted by Crippen LogP contribution is -2.27. The third kappa shape index (κ3) is 2.59. The van der Waals surface area contributed by atoms with Crippen LogP contribution in [0.2, 0.25) is 0 Å². The number of hydrogen-bond donors (Lipinski definition) is 1. The predicted molar refractivity (Wildman–Crippen MR) is 68.5 cm³/mol. The fraction of sp³-hybridized carbons (Fsp3) is 0.167. The highest BCUT2D eigenvalue weighted by Crippen LogP contribution is 2.21. The molecule has 2 aromatic rings. The van der Waals surface area contributed by atoms with Gasteiger partial charge in [0.15, 0.2) is 0 Å². The number of benzene rings is 1. The lowest BCUT2D eigenvalue weighted by Gasteiger charge is -2.16. The predicted octanol–water partition coefficient (Wildman–Crippen LogP) is 2.58. The second kappa shape index (κ2) is 5.30. The summed E-state index contributed by atoms with van der Waals surface area (Å²) in [5.41, 5.74) is 0.295. The van der Waals surface area contributed by atoms with Crippen molar-refractivity contribution in [1.29, 1.82) is 0 Å². The molecule has 18 heavy (non-hydrogen) atoms. The highest BCUT2D eigenvalue weighted by Gasteiger charge is 2.17. The lowest BCUT2D eigenvalue weighted by molar-refractivity contribution is 0.0780. The minimum atomic E-state index is -0.452. The van der Waals surface area contributed by atoms with Gasteiger partial charge in [-0.25, -0.2) is 9.37 Å². The number of amides is 1. The van der Waals surface area contributed by atoms with Gasteiger partial charge in [-0.15, -0.1) is 0 Å². The number of rotatable bonds is 3. The van der Waals surface area contributed by atoms with E-state index >= 15 is 0 Å². The Morgan fingerprint density at radius 3 is 3.00 bits per heavy atom. The van der Waals surface area contributed by atoms with Gasteiger partial charge in [0, 0.05) is 19.4 Å². The molecule has 4 nitrogen and oxygen atoms in total. The largest absolute Gasteiger partial charge is 0.347 e. The fourth-order valence-electron chi connectivity index (χ4n) is 1.56. The molecule has 0 unspecified atom stereocenters. The van der Waals surface area contributed by atoms with Crippen molar-refractivity contribution in [2.75, 3.05) is 7.05 Å². The van der Waals surface area contributed by atoms with Gasteiger partial charge in [0.2, 0.25) is 0 Å². The van der Waals surface area contributed by atoms with E-state index in [1.807, 2.05) is 0 Å². The second-order valence-electron chi connectivity index (χ2n) is 3.80. The Morgan fingerprint density at radius 2 is 2.33 bits per heavy atom. The van der Waals surface area contributed by atoms with E-state index in [2.05, 4.69) is 25.9 Å². The summed E-state index contributed by atoms with van der Waals surface area (Å²) in [5, 5.41) is 0. The maximum absolute atomic E-state index is 13.3. The van der Waals surface area contributed by atoms with E-state index in [0.29, 0.717) is 17.9 Å². The summed E-state index contributed by atoms with van der Waals surface area (Å²) >= 11 is 3.08. The third-order valence-electron chi connectivity index (χ3n) is 2.47. The van der Waals surface area contributed by atoms with Crippen molar-refractivity contribution in [2.45, 2.75) is 6.54 Å². The van der Waals surface area contributed by atoms with Gasteiger partial charge in [-0.2, -0.15) is 0 Å². The van der Waals surface area contributed by atoms with Crippen LogP contribution >= 0.6 is 15.9 Å². The van der Waals surface area contributed by atoms with Gasteiger partial charge >= 0.3 is 0 Å². The molecule has 0 saturated carbocycles. The smallest absolute Gasteiger partial charge is 0.255 e. The van der Waals surface area contributed by atoms with Gasteiger partial charge < -0.3 is 9.88 Å². The van der Waals surface area contributed by atoms with Gasteiger partial charge in [-0.3, -0.25) is 4.79 Å². The lowest BCUT2D eigenvalue weighted by atomic mass is 10.2. The Hall–Kier alpha value is -1.69. The summed E-state index contributed by atoms with van der Waals surface area (Å²) in [5.74, 6) is -0.0385. The molecule has 0 atom stereocenters. The molecule has 1 amide bonds. The summed E-state index contributed by atoms with van der Waals surface area (Å²) in [4.78, 5) is 20.5. The molecule has 0 fully saturated rings. The molecule has 2 rings (SSSR count). The molecule has 1 aromatic heterocycles. The molecule has 94 valence electrons. The van der Waals surface area contributed by atoms with Crippen LogP contribution in [0.4, 0.5) is 4.39 Å². The van der Waals surface area contributed by atoms with Crippen molar-refractivity contribution >= 4 is 21.8 Å². The maximum Gasteiger partial charge on any atom is 0.255 e. The van der Waals surface area contributed by atoms with Crippen molar-refractivity contribution in [3.63, 3.8) is 0 Å². The number of nitrogens with zero attached hydrogens (tertiary/aromatic N) is 2. The van der Waals surface area contributed by atoms with Crippen LogP contribution in [-0.4, -0.2) is 27.8 Å². The van der Waals surface area contributed by atoms with Gasteiger partial charge in [-0.1, -0.05) is 6.07 Å². The van der Waals surface area contributed by atoms with Crippen molar-refractivity contribution < 1.29 is 9.18 Å². The Morgan fingerprint density at radius 1 is 1.56 bits per heavy atom. The fourth-order valence-corrected chi connectivity index (χ4v) is 1.99. The number of hydrogen-bond acceptors (Lipinski definition) is 2. The first-order valence-electron chi connectivity index (χ1n) is 5.27. The molecule has 1 aromatic carbocycles. The van der Waals surface area contributed by atoms with Gasteiger partial charge in [-0.05, 0) is 28.1 Å². The number of nitrogens with one attached hydrogen (secondary N) is 1. The summed E-state index contributed by atoms with van der Waals surface area (Å²) in [6, 6.07) is 4.38. The standard InChI is InChI=1S/C12H11BrFN3O/c1-17(7-10-15-5-6-16-10)12(18)8-3-2-4-9(14)11(8)13/h2-6H,7H2,1H3,(H,15,16). The number of carbonyl (C=O) groups is 1. The zero-order valence-electron chi connectivity index (χ0n) is 9.65. The van der Waals surface area contributed by atoms with Crippen LogP contribution in [0.3, 0.4) is 0 Å². The molecular formula is C12H11BrFN3O. The summed E-state index contributed by atoms with van der Waals surface area (Å²) in [7, 11) is 1.64. The van der Waals surface area contributed by atoms with Crippen LogP contribution < -0.4 is 0 Å². The van der Waals surface area contributed by atoms with E-state index in [1.54, 1.807) is 25.5 Å². The maximum atomic E-state index is 13.3. The molecule has 0 bridgehead atoms. The normalized spacial score (nSPS) is 10.4. The minimum Gasteiger partial charge on any atom is -0.347 e. The zero-order chi connectivity index (χ0) is 13.1. The summed E-state index contributed by atoms with van der Waals surface area (Å²) < 4.78 is 13.5. The highest BCUT2D eigenvalue weighted by molar-refractivity contribution is 9.10. The molecule has 0 spiro atoms. The van der Waals surface area contributed by atoms with Crippen LogP contribution in [0.1, 0.15) is 16.2 Å². The molecular weight excluding hydrogens is 301 g/mol. The molecule has 0 aliphatic rings. The van der Waals surface area contributed by atoms with Gasteiger partial charge in [0.05, 0.1) is 16.6 Å². The monoisotopic (exact) mass is 311 g/mol. The topological polar surface area (TPSA) is 49.0 Å². The number of H-pyrrole nitrogens is 1. The second-order valence-corrected chi connectivity index (χ2v) is 4.59. The van der Waals surface area contributed by atoms with Crippen LogP contribution in [0, 0.1) is 5.82 Å². The van der Waals surface area contributed by atoms with E-state index < -0.39 is 5.82 Å². The average molecular weight is 312 g/mol. The molecule has 0 aliphatic carbocycles. The van der Waals surface area contributed by atoms with Gasteiger partial charge in [0.1, 0.15) is 11.6 Å². The van der Waals surface area contributed by atoms with Gasteiger partial charge in [0.25, 0.3) is 5.91 Å². The number of aromatic amines is 1. The van der Waals surface area contributed by atoms with E-state index in [1.165, 1.54) is 17.0 Å². The Labute approximate surface area is 112 Å². The van der Waals surface area contributed by atoms with E-state index in [9.17, 15) is 9.18 Å². The average Bonchev–Trinajstić information content (AvgIpc) is 2.84. The molecule has 6 heteroatoms. The quantitative estimate of drug-likeness (QED) is 0.947. The molecule has 1 heterocycles. The van der Waals surface area contributed by atoms with E-state index in [4.69, 9.17) is 0 Å². The van der Waals surface area contributed by atoms with Crippen LogP contribution in [-0.2, 0) is 6.54 Å². The Bertz CT molecular complexity index is 556. The molecule has 0 radical (unpaired) electrons. The molecule has 0 saturated heterocycles. The Kier molecular flexibility index (Phi) is 3.76. The van der Waals surface area contributed by atoms with Crippen molar-refractivity contribution in [1.82, 2.24) is 14.9 Å². The van der Waals surface area contributed by atoms with E-state index in [0.717, 1.165) is 0 Å². The van der Waals surface area contributed by atoms with Crippen molar-refractivity contribution in [3.8, 4) is 0 Å². The number of aromatic nitrogens is 2. The van der Waals surface area contributed by atoms with Crippen LogP contribution in [0.25, 0.3) is 0 Å². The number of imidazole rings is 1. The molecule has 0 aliphatic heterocycles. The number of carbonyl (C=O) groups excluding carboxylic acids is 1. The SMILES string of the molecule is CN(Cc1ncc[nH]1)C(=O)c1cccc(F)c1Br. The first-order valence-corrected chi connectivity index (χ1v) is 6.06. The van der Waals surface area contributed by atoms with Crippen LogP contribution in [0.15, 0.2) is 35.1 Å². The first kappa shape index (κ1) is 12.8. The van der Waals surface area contributed by atoms with E-state index in [-0.39, 0.29) is 10.4 Å². The Balaban J connectivity index is 2.18. The zero-order valence-corrected chi connectivity index (χ0v) is 11.2. The minimum absolute atomic E-state index is 0.182. The molecule has 1 N–H and O–H groups in total. The first-order chi connectivity index (χ1) is 8.59. The highest BCUT2D eigenvalue weighted by atomic mass is 79.9. The third-order valence-corrected chi connectivity index (χ3v) is 3.28. The summed E-state index contributed by atoms with van der Waals surface area (Å²) in [6.45, 7) is 0.342. The van der Waals surface area contributed by atoms with Crippen LogP contribution in [0.5, 0.6) is 0 Å². The summed E-state index contributed by atoms with van der Waals surface area (Å²) in [6.07, 6.45) is 3.30. The van der Waals surface area contributed by atoms with Crippen molar-refractivity contribution in [3.05, 3.63) is 52.3 Å². The number of halogens is 2.